The number of non-ortho nitro benzene ring substituents is 2. The minimum absolute atomic E-state index is 0. The molecule has 16 nitrogen and oxygen atoms in total. The molecule has 2 unspecified atom stereocenters. The number of hydrogen-bond acceptors (Lipinski definition) is 14. The van der Waals surface area contributed by atoms with Gasteiger partial charge in [0.05, 0.1) is 21.9 Å². The number of phenols is 2. The summed E-state index contributed by atoms with van der Waals surface area (Å²) >= 11 is 0. The molecule has 0 amide bonds. The van der Waals surface area contributed by atoms with E-state index in [-0.39, 0.29) is 63.2 Å². The Balaban J connectivity index is 0. The largest absolute Gasteiger partial charge is 3.00 e. The monoisotopic (exact) mass is 644 g/mol. The van der Waals surface area contributed by atoms with Crippen molar-refractivity contribution < 1.29 is 66.8 Å². The fraction of sp³-hybridized carbons (Fsp3) is 0.346. The normalized spacial score (nSPS) is 15.2. The molecule has 43 heavy (non-hydrogen) atoms. The first-order valence-electron chi connectivity index (χ1n) is 12.1. The Kier molecular flexibility index (Phi) is 19.6. The Morgan fingerprint density at radius 2 is 1.00 bits per heavy atom. The van der Waals surface area contributed by atoms with Gasteiger partial charge >= 0.3 is 17.1 Å². The molecule has 2 N–H and O–H groups in total. The van der Waals surface area contributed by atoms with Crippen LogP contribution in [0.4, 0.5) is 11.4 Å². The maximum atomic E-state index is 10.9. The van der Waals surface area contributed by atoms with Crippen molar-refractivity contribution in [2.45, 2.75) is 58.5 Å². The van der Waals surface area contributed by atoms with E-state index in [1.165, 1.54) is 48.8 Å². The van der Waals surface area contributed by atoms with E-state index in [2.05, 4.69) is 9.98 Å². The van der Waals surface area contributed by atoms with Crippen LogP contribution in [-0.2, 0) is 31.5 Å². The number of aliphatic imine (C=N–C) groups is 2. The van der Waals surface area contributed by atoms with Gasteiger partial charge in [-0.1, -0.05) is 12.8 Å². The minimum Gasteiger partial charge on any atom is -0.550 e. The van der Waals surface area contributed by atoms with Crippen LogP contribution in [0.2, 0.25) is 0 Å². The van der Waals surface area contributed by atoms with Gasteiger partial charge < -0.3 is 39.9 Å². The number of nitro groups is 2. The Labute approximate surface area is 256 Å². The van der Waals surface area contributed by atoms with Crippen LogP contribution in [0.3, 0.4) is 0 Å². The van der Waals surface area contributed by atoms with E-state index in [0.717, 1.165) is 46.5 Å². The molecule has 1 fully saturated rings. The van der Waals surface area contributed by atoms with Gasteiger partial charge in [0.1, 0.15) is 11.5 Å². The number of aromatic hydroxyl groups is 2. The van der Waals surface area contributed by atoms with Crippen LogP contribution in [0.1, 0.15) is 57.6 Å². The maximum Gasteiger partial charge on any atom is 3.00 e. The van der Waals surface area contributed by atoms with Gasteiger partial charge in [-0.15, -0.1) is 0 Å². The van der Waals surface area contributed by atoms with Gasteiger partial charge in [-0.3, -0.25) is 30.2 Å². The Morgan fingerprint density at radius 3 is 1.26 bits per heavy atom. The molecule has 1 saturated carbocycles. The summed E-state index contributed by atoms with van der Waals surface area (Å²) in [6.45, 7) is 2.92. The zero-order valence-electron chi connectivity index (χ0n) is 23.2. The minimum atomic E-state index is -1.08. The summed E-state index contributed by atoms with van der Waals surface area (Å²) in [6, 6.07) is 7.01. The van der Waals surface area contributed by atoms with Crippen LogP contribution in [0.5, 0.6) is 11.5 Å². The molecule has 1 aliphatic rings. The number of carbonyl (C=O) groups excluding carboxylic acids is 3. The van der Waals surface area contributed by atoms with Gasteiger partial charge in [0.25, 0.3) is 11.4 Å². The number of aliphatic carboxylic acids is 3. The molecular formula is C26H29MnN4O12. The first kappa shape index (κ1) is 40.2. The molecule has 0 aliphatic heterocycles. The van der Waals surface area contributed by atoms with Crippen molar-refractivity contribution in [3.05, 3.63) is 67.8 Å². The van der Waals surface area contributed by atoms with Crippen molar-refractivity contribution in [3.63, 3.8) is 0 Å². The fourth-order valence-corrected chi connectivity index (χ4v) is 3.31. The molecule has 0 spiro atoms. The Morgan fingerprint density at radius 1 is 0.721 bits per heavy atom. The van der Waals surface area contributed by atoms with Crippen LogP contribution >= 0.6 is 0 Å². The third-order valence-corrected chi connectivity index (χ3v) is 4.95. The number of nitrogens with zero attached hydrogens (tertiary/aromatic N) is 4. The maximum absolute atomic E-state index is 10.9. The average Bonchev–Trinajstić information content (AvgIpc) is 2.87. The summed E-state index contributed by atoms with van der Waals surface area (Å²) in [4.78, 5) is 56.4. The van der Waals surface area contributed by atoms with Crippen molar-refractivity contribution in [1.29, 1.82) is 0 Å². The topological polar surface area (TPSA) is 272 Å². The zero-order valence-corrected chi connectivity index (χ0v) is 24.4. The number of benzene rings is 2. The third kappa shape index (κ3) is 18.2. The molecule has 1 aliphatic carbocycles. The quantitative estimate of drug-likeness (QED) is 0.182. The number of nitro benzene ring substituents is 2. The van der Waals surface area contributed by atoms with Gasteiger partial charge in [-0.25, -0.2) is 0 Å². The van der Waals surface area contributed by atoms with E-state index in [4.69, 9.17) is 29.7 Å². The van der Waals surface area contributed by atoms with Gasteiger partial charge in [-0.05, 0) is 45.7 Å². The van der Waals surface area contributed by atoms with Crippen molar-refractivity contribution in [2.24, 2.45) is 9.98 Å². The van der Waals surface area contributed by atoms with Gasteiger partial charge in [0.2, 0.25) is 0 Å². The predicted octanol–water partition coefficient (Wildman–Crippen LogP) is 0.0295. The number of rotatable bonds is 6. The Hall–Kier alpha value is -4.89. The molecule has 0 aromatic heterocycles. The van der Waals surface area contributed by atoms with Crippen molar-refractivity contribution >= 4 is 41.7 Å². The van der Waals surface area contributed by atoms with E-state index < -0.39 is 27.8 Å². The molecule has 0 bridgehead atoms. The van der Waals surface area contributed by atoms with Crippen molar-refractivity contribution in [1.82, 2.24) is 0 Å². The second-order valence-electron chi connectivity index (χ2n) is 8.45. The van der Waals surface area contributed by atoms with E-state index in [1.807, 2.05) is 0 Å². The second kappa shape index (κ2) is 20.9. The molecule has 0 radical (unpaired) electrons. The van der Waals surface area contributed by atoms with Crippen LogP contribution in [0.25, 0.3) is 0 Å². The smallest absolute Gasteiger partial charge is 0.550 e. The standard InChI is InChI=1S/C20H20N4O6.3C2H4O2.Mn/c25-19-7-5-15(23(27)28)9-13(19)11-21-17-3-1-2-4-18(17)22-12-14-10-16(24(29)30)6-8-20(14)26;3*1-2(3)4;/h5-12,17-18,25-26H,1-4H2;3*1H3,(H,3,4);/q;;;;+3/p-3. The SMILES string of the molecule is CC(=O)[O-].CC(=O)[O-].CC(=O)[O-].O=[N+]([O-])c1ccc(O)c(C=NC2CCCCC2N=Cc2cc([N+](=O)[O-])ccc2O)c1.[Mn+3]. The Bertz CT molecular complexity index is 1200. The zero-order chi connectivity index (χ0) is 32.4. The second-order valence-corrected chi connectivity index (χ2v) is 8.45. The van der Waals surface area contributed by atoms with Crippen LogP contribution < -0.4 is 15.3 Å². The van der Waals surface area contributed by atoms with E-state index >= 15 is 0 Å². The number of phenolic OH excluding ortho intramolecular Hbond substituents is 2. The van der Waals surface area contributed by atoms with E-state index in [1.54, 1.807) is 0 Å². The fourth-order valence-electron chi connectivity index (χ4n) is 3.31. The van der Waals surface area contributed by atoms with E-state index in [9.17, 15) is 30.4 Å². The van der Waals surface area contributed by atoms with E-state index in [0.29, 0.717) is 0 Å². The number of carboxylic acid groups (broad SMARTS) is 3. The predicted molar refractivity (Wildman–Crippen MR) is 143 cm³/mol. The van der Waals surface area contributed by atoms with Gasteiger partial charge in [-0.2, -0.15) is 0 Å². The molecular weight excluding hydrogens is 615 g/mol. The molecule has 3 rings (SSSR count). The number of carboxylic acids is 3. The van der Waals surface area contributed by atoms with Crippen molar-refractivity contribution in [3.8, 4) is 11.5 Å². The molecule has 0 heterocycles. The molecule has 0 saturated heterocycles. The molecule has 2 aromatic rings. The number of hydrogen-bond donors (Lipinski definition) is 2. The summed E-state index contributed by atoms with van der Waals surface area (Å²) in [5, 5.41) is 68.4. The van der Waals surface area contributed by atoms with Crippen LogP contribution in [0.15, 0.2) is 46.4 Å². The van der Waals surface area contributed by atoms with Gasteiger partial charge in [0, 0.05) is 65.7 Å². The molecule has 2 aromatic carbocycles. The summed E-state index contributed by atoms with van der Waals surface area (Å²) in [5.74, 6) is -3.47. The summed E-state index contributed by atoms with van der Waals surface area (Å²) in [5.41, 5.74) is 0.199. The van der Waals surface area contributed by atoms with Crippen LogP contribution in [-0.4, -0.2) is 62.5 Å². The van der Waals surface area contributed by atoms with Crippen molar-refractivity contribution in [2.75, 3.05) is 0 Å². The first-order chi connectivity index (χ1) is 19.5. The molecule has 2 atom stereocenters. The average molecular weight is 644 g/mol. The summed E-state index contributed by atoms with van der Waals surface area (Å²) < 4.78 is 0. The summed E-state index contributed by atoms with van der Waals surface area (Å²) in [7, 11) is 0. The first-order valence-corrected chi connectivity index (χ1v) is 12.1. The molecule has 17 heteroatoms. The number of carbonyl (C=O) groups is 3. The third-order valence-electron chi connectivity index (χ3n) is 4.95. The summed E-state index contributed by atoms with van der Waals surface area (Å²) in [6.07, 6.45) is 6.19. The molecule has 232 valence electrons. The van der Waals surface area contributed by atoms with Crippen LogP contribution in [0, 0.1) is 20.2 Å². The van der Waals surface area contributed by atoms with Gasteiger partial charge in [0.15, 0.2) is 0 Å².